The zero-order valence-electron chi connectivity index (χ0n) is 10.9. The summed E-state index contributed by atoms with van der Waals surface area (Å²) in [6.07, 6.45) is 0.830. The van der Waals surface area contributed by atoms with E-state index in [1.807, 2.05) is 48.5 Å². The molecular formula is C17H15ClN2. The first-order chi connectivity index (χ1) is 9.33. The van der Waals surface area contributed by atoms with Gasteiger partial charge in [-0.15, -0.1) is 12.4 Å². The molecule has 2 nitrogen and oxygen atoms in total. The van der Waals surface area contributed by atoms with Crippen LogP contribution in [0.4, 0.5) is 0 Å². The molecule has 100 valence electrons. The quantitative estimate of drug-likeness (QED) is 0.742. The predicted molar refractivity (Wildman–Crippen MR) is 85.2 cm³/mol. The minimum Gasteiger partial charge on any atom is -0.383 e. The second-order valence-corrected chi connectivity index (χ2v) is 4.53. The summed E-state index contributed by atoms with van der Waals surface area (Å²) in [6, 6.07) is 18.0. The zero-order valence-corrected chi connectivity index (χ0v) is 11.7. The summed E-state index contributed by atoms with van der Waals surface area (Å²) >= 11 is 0. The van der Waals surface area contributed by atoms with E-state index < -0.39 is 0 Å². The number of halogens is 1. The molecule has 2 aromatic rings. The number of fused-ring (bicyclic) bond motifs is 1. The number of nitrogens with zero attached hydrogens (tertiary/aromatic N) is 1. The van der Waals surface area contributed by atoms with Crippen LogP contribution in [-0.4, -0.2) is 11.9 Å². The van der Waals surface area contributed by atoms with Gasteiger partial charge in [-0.3, -0.25) is 4.99 Å². The third kappa shape index (κ3) is 3.01. The van der Waals surface area contributed by atoms with Crippen LogP contribution in [0.2, 0.25) is 0 Å². The molecule has 1 aliphatic heterocycles. The smallest absolute Gasteiger partial charge is 0.127 e. The Hall–Kier alpha value is -2.24. The van der Waals surface area contributed by atoms with Crippen molar-refractivity contribution in [2.75, 3.05) is 0 Å². The van der Waals surface area contributed by atoms with E-state index in [1.165, 1.54) is 5.56 Å². The van der Waals surface area contributed by atoms with Gasteiger partial charge in [0, 0.05) is 17.5 Å². The molecule has 2 N–H and O–H groups in total. The van der Waals surface area contributed by atoms with Gasteiger partial charge in [0.25, 0.3) is 0 Å². The Labute approximate surface area is 125 Å². The highest BCUT2D eigenvalue weighted by atomic mass is 35.5. The summed E-state index contributed by atoms with van der Waals surface area (Å²) < 4.78 is 0. The van der Waals surface area contributed by atoms with Crippen LogP contribution in [0.5, 0.6) is 0 Å². The Bertz CT molecular complexity index is 681. The molecular weight excluding hydrogens is 268 g/mol. The Morgan fingerprint density at radius 1 is 1.00 bits per heavy atom. The van der Waals surface area contributed by atoms with Gasteiger partial charge in [-0.1, -0.05) is 54.3 Å². The van der Waals surface area contributed by atoms with Crippen LogP contribution in [0.1, 0.15) is 16.7 Å². The van der Waals surface area contributed by atoms with E-state index in [9.17, 15) is 0 Å². The molecule has 0 saturated heterocycles. The van der Waals surface area contributed by atoms with Crippen LogP contribution >= 0.6 is 12.4 Å². The molecule has 0 saturated carbocycles. The third-order valence-electron chi connectivity index (χ3n) is 3.16. The van der Waals surface area contributed by atoms with E-state index in [0.29, 0.717) is 5.84 Å². The normalized spacial score (nSPS) is 16.0. The van der Waals surface area contributed by atoms with Gasteiger partial charge >= 0.3 is 0 Å². The average Bonchev–Trinajstić information content (AvgIpc) is 2.46. The SMILES string of the molecule is Cl.NC1=NC(C#Cc2ccccc2)Cc2ccccc21. The van der Waals surface area contributed by atoms with Crippen LogP contribution in [-0.2, 0) is 6.42 Å². The number of amidine groups is 1. The fourth-order valence-corrected chi connectivity index (χ4v) is 2.21. The first kappa shape index (κ1) is 14.2. The number of nitrogens with two attached hydrogens (primary N) is 1. The zero-order chi connectivity index (χ0) is 13.1. The Kier molecular flexibility index (Phi) is 4.45. The van der Waals surface area contributed by atoms with Gasteiger partial charge < -0.3 is 5.73 Å². The molecule has 1 unspecified atom stereocenters. The van der Waals surface area contributed by atoms with E-state index in [-0.39, 0.29) is 18.4 Å². The second kappa shape index (κ2) is 6.27. The summed E-state index contributed by atoms with van der Waals surface area (Å²) in [4.78, 5) is 4.46. The largest absolute Gasteiger partial charge is 0.383 e. The van der Waals surface area contributed by atoms with E-state index in [4.69, 9.17) is 5.73 Å². The van der Waals surface area contributed by atoms with Gasteiger partial charge in [0.05, 0.1) is 0 Å². The molecule has 1 atom stereocenters. The van der Waals surface area contributed by atoms with E-state index in [1.54, 1.807) is 0 Å². The third-order valence-corrected chi connectivity index (χ3v) is 3.16. The van der Waals surface area contributed by atoms with Gasteiger partial charge in [-0.25, -0.2) is 0 Å². The summed E-state index contributed by atoms with van der Waals surface area (Å²) in [5.74, 6) is 6.94. The fraction of sp³-hybridized carbons (Fsp3) is 0.118. The highest BCUT2D eigenvalue weighted by Gasteiger charge is 2.16. The van der Waals surface area contributed by atoms with Crippen LogP contribution in [0.3, 0.4) is 0 Å². The van der Waals surface area contributed by atoms with Crippen molar-refractivity contribution in [1.29, 1.82) is 0 Å². The maximum absolute atomic E-state index is 5.99. The molecule has 0 amide bonds. The van der Waals surface area contributed by atoms with Crippen molar-refractivity contribution in [2.45, 2.75) is 12.5 Å². The van der Waals surface area contributed by atoms with Crippen LogP contribution in [0, 0.1) is 11.8 Å². The highest BCUT2D eigenvalue weighted by molar-refractivity contribution is 5.99. The molecule has 3 rings (SSSR count). The molecule has 20 heavy (non-hydrogen) atoms. The minimum atomic E-state index is -0.0462. The van der Waals surface area contributed by atoms with Gasteiger partial charge in [0.15, 0.2) is 0 Å². The number of rotatable bonds is 0. The van der Waals surface area contributed by atoms with Crippen molar-refractivity contribution < 1.29 is 0 Å². The van der Waals surface area contributed by atoms with Gasteiger partial charge in [0.2, 0.25) is 0 Å². The van der Waals surface area contributed by atoms with Crippen molar-refractivity contribution in [3.63, 3.8) is 0 Å². The molecule has 3 heteroatoms. The molecule has 0 radical (unpaired) electrons. The summed E-state index contributed by atoms with van der Waals surface area (Å²) in [5.41, 5.74) is 9.26. The van der Waals surface area contributed by atoms with Gasteiger partial charge in [-0.2, -0.15) is 0 Å². The minimum absolute atomic E-state index is 0. The summed E-state index contributed by atoms with van der Waals surface area (Å²) in [5, 5.41) is 0. The van der Waals surface area contributed by atoms with Crippen LogP contribution in [0.15, 0.2) is 59.6 Å². The fourth-order valence-electron chi connectivity index (χ4n) is 2.21. The van der Waals surface area contributed by atoms with Crippen molar-refractivity contribution in [2.24, 2.45) is 10.7 Å². The average molecular weight is 283 g/mol. The molecule has 0 aliphatic carbocycles. The number of hydrogen-bond acceptors (Lipinski definition) is 2. The molecule has 0 spiro atoms. The lowest BCUT2D eigenvalue weighted by Crippen LogP contribution is -2.25. The maximum atomic E-state index is 5.99. The lowest BCUT2D eigenvalue weighted by atomic mass is 9.96. The van der Waals surface area contributed by atoms with Crippen LogP contribution < -0.4 is 5.73 Å². The second-order valence-electron chi connectivity index (χ2n) is 4.53. The molecule has 0 fully saturated rings. The van der Waals surface area contributed by atoms with E-state index in [0.717, 1.165) is 17.5 Å². The standard InChI is InChI=1S/C17H14N2.ClH/c18-17-16-9-5-4-8-14(16)12-15(19-17)11-10-13-6-2-1-3-7-13;/h1-9,15H,12H2,(H2,18,19);1H. The Balaban J connectivity index is 0.00000147. The molecule has 1 heterocycles. The monoisotopic (exact) mass is 282 g/mol. The Morgan fingerprint density at radius 2 is 1.70 bits per heavy atom. The number of benzene rings is 2. The lowest BCUT2D eigenvalue weighted by molar-refractivity contribution is 0.816. The van der Waals surface area contributed by atoms with Crippen molar-refractivity contribution in [3.05, 3.63) is 71.3 Å². The van der Waals surface area contributed by atoms with E-state index in [2.05, 4.69) is 22.9 Å². The van der Waals surface area contributed by atoms with Crippen molar-refractivity contribution in [1.82, 2.24) is 0 Å². The molecule has 1 aliphatic rings. The molecule has 0 bridgehead atoms. The number of aliphatic imine (C=N–C) groups is 1. The summed E-state index contributed by atoms with van der Waals surface area (Å²) in [7, 11) is 0. The van der Waals surface area contributed by atoms with Gasteiger partial charge in [0.1, 0.15) is 11.9 Å². The highest BCUT2D eigenvalue weighted by Crippen LogP contribution is 2.17. The predicted octanol–water partition coefficient (Wildman–Crippen LogP) is 2.79. The first-order valence-corrected chi connectivity index (χ1v) is 6.31. The summed E-state index contributed by atoms with van der Waals surface area (Å²) in [6.45, 7) is 0. The Morgan fingerprint density at radius 3 is 2.50 bits per heavy atom. The maximum Gasteiger partial charge on any atom is 0.127 e. The molecule has 2 aromatic carbocycles. The molecule has 0 aromatic heterocycles. The number of hydrogen-bond donors (Lipinski definition) is 1. The van der Waals surface area contributed by atoms with Crippen molar-refractivity contribution >= 4 is 18.2 Å². The topological polar surface area (TPSA) is 38.4 Å². The van der Waals surface area contributed by atoms with Crippen LogP contribution in [0.25, 0.3) is 0 Å². The van der Waals surface area contributed by atoms with E-state index >= 15 is 0 Å². The lowest BCUT2D eigenvalue weighted by Gasteiger charge is -2.17. The first-order valence-electron chi connectivity index (χ1n) is 6.31. The van der Waals surface area contributed by atoms with Gasteiger partial charge in [-0.05, 0) is 17.7 Å². The van der Waals surface area contributed by atoms with Crippen molar-refractivity contribution in [3.8, 4) is 11.8 Å².